The van der Waals surface area contributed by atoms with Gasteiger partial charge in [-0.25, -0.2) is 0 Å². The molecule has 5 nitrogen and oxygen atoms in total. The predicted molar refractivity (Wildman–Crippen MR) is 93.5 cm³/mol. The van der Waals surface area contributed by atoms with E-state index in [0.717, 1.165) is 24.1 Å². The van der Waals surface area contributed by atoms with Gasteiger partial charge < -0.3 is 14.6 Å². The summed E-state index contributed by atoms with van der Waals surface area (Å²) in [5.74, 6) is -0.378. The summed E-state index contributed by atoms with van der Waals surface area (Å²) in [5, 5.41) is 2.82. The van der Waals surface area contributed by atoms with Crippen LogP contribution in [-0.2, 0) is 4.74 Å². The summed E-state index contributed by atoms with van der Waals surface area (Å²) in [4.78, 5) is 24.7. The Bertz CT molecular complexity index is 822. The maximum atomic E-state index is 12.5. The minimum atomic E-state index is -0.378. The lowest BCUT2D eigenvalue weighted by atomic mass is 10.1. The number of nitrogens with zero attached hydrogens (tertiary/aromatic N) is 1. The number of anilines is 1. The summed E-state index contributed by atoms with van der Waals surface area (Å²) in [6, 6.07) is 9.42. The van der Waals surface area contributed by atoms with Crippen LogP contribution in [0.2, 0.25) is 0 Å². The zero-order valence-corrected chi connectivity index (χ0v) is 14.2. The Morgan fingerprint density at radius 2 is 2.08 bits per heavy atom. The van der Waals surface area contributed by atoms with Crippen LogP contribution in [0.5, 0.6) is 0 Å². The van der Waals surface area contributed by atoms with Crippen molar-refractivity contribution < 1.29 is 9.53 Å². The number of rotatable bonds is 5. The minimum absolute atomic E-state index is 0.0617. The summed E-state index contributed by atoms with van der Waals surface area (Å²) < 4.78 is 7.32. The molecule has 1 heterocycles. The first-order chi connectivity index (χ1) is 11.5. The van der Waals surface area contributed by atoms with Gasteiger partial charge in [0, 0.05) is 36.8 Å². The molecule has 24 heavy (non-hydrogen) atoms. The number of hydrogen-bond acceptors (Lipinski definition) is 3. The number of aromatic nitrogens is 1. The Labute approximate surface area is 141 Å². The molecule has 1 fully saturated rings. The summed E-state index contributed by atoms with van der Waals surface area (Å²) >= 11 is 0. The van der Waals surface area contributed by atoms with E-state index in [4.69, 9.17) is 4.74 Å². The molecule has 2 aromatic rings. The van der Waals surface area contributed by atoms with Gasteiger partial charge in [-0.2, -0.15) is 0 Å². The van der Waals surface area contributed by atoms with E-state index in [0.29, 0.717) is 11.7 Å². The van der Waals surface area contributed by atoms with Crippen molar-refractivity contribution in [2.75, 3.05) is 12.4 Å². The lowest BCUT2D eigenvalue weighted by Gasteiger charge is -2.13. The van der Waals surface area contributed by atoms with Gasteiger partial charge in [0.15, 0.2) is 5.43 Å². The third kappa shape index (κ3) is 3.41. The molecule has 0 saturated heterocycles. The lowest BCUT2D eigenvalue weighted by molar-refractivity contribution is 0.102. The topological polar surface area (TPSA) is 60.3 Å². The van der Waals surface area contributed by atoms with E-state index in [1.54, 1.807) is 19.4 Å². The van der Waals surface area contributed by atoms with E-state index in [9.17, 15) is 9.59 Å². The van der Waals surface area contributed by atoms with Crippen molar-refractivity contribution in [2.45, 2.75) is 38.8 Å². The third-order valence-corrected chi connectivity index (χ3v) is 4.43. The average Bonchev–Trinajstić information content (AvgIpc) is 3.39. The average molecular weight is 326 g/mol. The summed E-state index contributed by atoms with van der Waals surface area (Å²) in [5.41, 5.74) is 2.45. The smallest absolute Gasteiger partial charge is 0.261 e. The van der Waals surface area contributed by atoms with Crippen molar-refractivity contribution in [1.82, 2.24) is 4.57 Å². The van der Waals surface area contributed by atoms with Crippen molar-refractivity contribution in [2.24, 2.45) is 0 Å². The normalized spacial score (nSPS) is 15.1. The first-order valence-corrected chi connectivity index (χ1v) is 8.16. The van der Waals surface area contributed by atoms with Gasteiger partial charge in [-0.05, 0) is 44.4 Å². The molecule has 0 aliphatic heterocycles. The molecule has 1 atom stereocenters. The highest BCUT2D eigenvalue weighted by molar-refractivity contribution is 6.04. The van der Waals surface area contributed by atoms with Gasteiger partial charge in [0.25, 0.3) is 5.91 Å². The Hall–Kier alpha value is -2.40. The fourth-order valence-corrected chi connectivity index (χ4v) is 2.77. The maximum Gasteiger partial charge on any atom is 0.261 e. The van der Waals surface area contributed by atoms with Gasteiger partial charge in [0.05, 0.1) is 6.10 Å². The highest BCUT2D eigenvalue weighted by Crippen LogP contribution is 2.35. The van der Waals surface area contributed by atoms with E-state index in [-0.39, 0.29) is 23.0 Å². The van der Waals surface area contributed by atoms with Crippen molar-refractivity contribution in [3.63, 3.8) is 0 Å². The molecular formula is C19H22N2O3. The molecule has 1 aliphatic rings. The van der Waals surface area contributed by atoms with Crippen LogP contribution in [-0.4, -0.2) is 17.6 Å². The Kier molecular flexibility index (Phi) is 4.53. The number of aryl methyl sites for hydroxylation is 1. The Morgan fingerprint density at radius 3 is 2.75 bits per heavy atom. The molecule has 1 N–H and O–H groups in total. The molecule has 0 spiro atoms. The van der Waals surface area contributed by atoms with Gasteiger partial charge in [-0.15, -0.1) is 0 Å². The van der Waals surface area contributed by atoms with E-state index in [2.05, 4.69) is 5.32 Å². The molecule has 1 amide bonds. The van der Waals surface area contributed by atoms with Crippen molar-refractivity contribution >= 4 is 11.6 Å². The van der Waals surface area contributed by atoms with Gasteiger partial charge in [0.2, 0.25) is 0 Å². The van der Waals surface area contributed by atoms with Gasteiger partial charge >= 0.3 is 0 Å². The molecule has 1 unspecified atom stereocenters. The number of carbonyl (C=O) groups excluding carboxylic acids is 1. The van der Waals surface area contributed by atoms with Crippen LogP contribution in [0.3, 0.4) is 0 Å². The Morgan fingerprint density at radius 1 is 1.33 bits per heavy atom. The van der Waals surface area contributed by atoms with Crippen LogP contribution in [0.25, 0.3) is 0 Å². The maximum absolute atomic E-state index is 12.5. The molecule has 1 aromatic carbocycles. The second kappa shape index (κ2) is 6.61. The highest BCUT2D eigenvalue weighted by atomic mass is 16.5. The second-order valence-electron chi connectivity index (χ2n) is 6.29. The fraction of sp³-hybridized carbons (Fsp3) is 0.368. The number of methoxy groups -OCH3 is 1. The summed E-state index contributed by atoms with van der Waals surface area (Å²) in [6.07, 6.45) is 3.82. The number of pyridine rings is 1. The van der Waals surface area contributed by atoms with Crippen LogP contribution in [0.15, 0.2) is 41.3 Å². The number of benzene rings is 1. The second-order valence-corrected chi connectivity index (χ2v) is 6.29. The summed E-state index contributed by atoms with van der Waals surface area (Å²) in [7, 11) is 1.64. The zero-order chi connectivity index (χ0) is 17.3. The van der Waals surface area contributed by atoms with Gasteiger partial charge in [0.1, 0.15) is 5.56 Å². The first-order valence-electron chi connectivity index (χ1n) is 8.16. The number of ether oxygens (including phenoxy) is 1. The van der Waals surface area contributed by atoms with Crippen molar-refractivity contribution in [3.8, 4) is 0 Å². The van der Waals surface area contributed by atoms with E-state index >= 15 is 0 Å². The van der Waals surface area contributed by atoms with E-state index in [1.165, 1.54) is 6.07 Å². The molecule has 1 aromatic heterocycles. The summed E-state index contributed by atoms with van der Waals surface area (Å²) in [6.45, 7) is 3.84. The molecule has 3 rings (SSSR count). The highest BCUT2D eigenvalue weighted by Gasteiger charge is 2.25. The molecule has 0 bridgehead atoms. The number of hydrogen-bond donors (Lipinski definition) is 1. The third-order valence-electron chi connectivity index (χ3n) is 4.43. The van der Waals surface area contributed by atoms with Gasteiger partial charge in [-0.1, -0.05) is 12.1 Å². The first kappa shape index (κ1) is 16.5. The standard InChI is InChI=1S/C19H22N2O3/c1-12-9-18(22)17(11-21(12)16-7-8-16)19(23)20-15-6-4-5-14(10-15)13(2)24-3/h4-6,9-11,13,16H,7-8H2,1-3H3,(H,20,23). The zero-order valence-electron chi connectivity index (χ0n) is 14.2. The fourth-order valence-electron chi connectivity index (χ4n) is 2.77. The van der Waals surface area contributed by atoms with Crippen LogP contribution in [0.1, 0.15) is 53.5 Å². The quantitative estimate of drug-likeness (QED) is 0.915. The largest absolute Gasteiger partial charge is 0.377 e. The molecule has 1 saturated carbocycles. The van der Waals surface area contributed by atoms with Crippen LogP contribution in [0.4, 0.5) is 5.69 Å². The number of carbonyl (C=O) groups is 1. The van der Waals surface area contributed by atoms with Crippen LogP contribution < -0.4 is 10.7 Å². The van der Waals surface area contributed by atoms with Gasteiger partial charge in [-0.3, -0.25) is 9.59 Å². The van der Waals surface area contributed by atoms with E-state index < -0.39 is 0 Å². The minimum Gasteiger partial charge on any atom is -0.377 e. The Balaban J connectivity index is 1.85. The SMILES string of the molecule is COC(C)c1cccc(NC(=O)c2cn(C3CC3)c(C)cc2=O)c1. The predicted octanol–water partition coefficient (Wildman–Crippen LogP) is 3.45. The lowest BCUT2D eigenvalue weighted by Crippen LogP contribution is -2.23. The van der Waals surface area contributed by atoms with E-state index in [1.807, 2.05) is 36.6 Å². The monoisotopic (exact) mass is 326 g/mol. The van der Waals surface area contributed by atoms with Crippen molar-refractivity contribution in [1.29, 1.82) is 0 Å². The van der Waals surface area contributed by atoms with Crippen LogP contribution >= 0.6 is 0 Å². The number of nitrogens with one attached hydrogen (secondary N) is 1. The molecule has 5 heteroatoms. The van der Waals surface area contributed by atoms with Crippen molar-refractivity contribution in [3.05, 3.63) is 63.6 Å². The molecule has 126 valence electrons. The molecular weight excluding hydrogens is 304 g/mol. The molecule has 0 radical (unpaired) electrons. The van der Waals surface area contributed by atoms with Crippen LogP contribution in [0, 0.1) is 6.92 Å². The molecule has 1 aliphatic carbocycles. The number of amides is 1.